The predicted molar refractivity (Wildman–Crippen MR) is 104 cm³/mol. The molecule has 0 aromatic rings. The third-order valence-electron chi connectivity index (χ3n) is 5.96. The molecule has 4 rings (SSSR count). The summed E-state index contributed by atoms with van der Waals surface area (Å²) in [4.78, 5) is 36.1. The molecule has 7 heteroatoms. The third-order valence-corrected chi connectivity index (χ3v) is 6.91. The summed E-state index contributed by atoms with van der Waals surface area (Å²) in [5, 5.41) is 3.13. The number of carbonyl (C=O) groups excluding carboxylic acids is 2. The number of aliphatic imine (C=N–C) groups is 1. The lowest BCUT2D eigenvalue weighted by Gasteiger charge is -2.27. The van der Waals surface area contributed by atoms with E-state index < -0.39 is 0 Å². The molecule has 2 amide bonds. The standard InChI is InChI=1S/C19H28N4O2S/c1-2-3-5-17(24)23-9-6-14-11-21(12-16(14)23)18(25)10-15-13-26-19-20-7-4-8-22(15)19/h13-14,16H,2-12H2,1H3/t14-,16+/m1/s1. The average molecular weight is 377 g/mol. The van der Waals surface area contributed by atoms with Crippen LogP contribution in [0.25, 0.3) is 0 Å². The number of nitrogens with zero attached hydrogens (tertiary/aromatic N) is 4. The maximum absolute atomic E-state index is 12.9. The second-order valence-corrected chi connectivity index (χ2v) is 8.52. The van der Waals surface area contributed by atoms with Crippen LogP contribution in [0.1, 0.15) is 45.4 Å². The zero-order valence-electron chi connectivity index (χ0n) is 15.5. The fraction of sp³-hybridized carbons (Fsp3) is 0.737. The molecule has 0 radical (unpaired) electrons. The van der Waals surface area contributed by atoms with Gasteiger partial charge in [0.05, 0.1) is 12.5 Å². The highest BCUT2D eigenvalue weighted by molar-refractivity contribution is 8.16. The largest absolute Gasteiger partial charge is 0.340 e. The fourth-order valence-corrected chi connectivity index (χ4v) is 5.44. The number of thioether (sulfide) groups is 1. The van der Waals surface area contributed by atoms with Crippen molar-refractivity contribution < 1.29 is 9.59 Å². The summed E-state index contributed by atoms with van der Waals surface area (Å²) < 4.78 is 0. The minimum atomic E-state index is 0.194. The summed E-state index contributed by atoms with van der Waals surface area (Å²) >= 11 is 1.64. The topological polar surface area (TPSA) is 56.2 Å². The predicted octanol–water partition coefficient (Wildman–Crippen LogP) is 2.28. The van der Waals surface area contributed by atoms with Crippen LogP contribution in [0.5, 0.6) is 0 Å². The number of fused-ring (bicyclic) bond motifs is 2. The minimum absolute atomic E-state index is 0.194. The SMILES string of the molecule is CCCCC(=O)N1CC[C@@H]2CN(C(=O)CC3=CSC4=NCCCN34)C[C@@H]21. The molecule has 0 spiro atoms. The van der Waals surface area contributed by atoms with Crippen molar-refractivity contribution in [3.05, 3.63) is 11.1 Å². The van der Waals surface area contributed by atoms with E-state index in [0.29, 0.717) is 25.3 Å². The molecule has 2 fully saturated rings. The lowest BCUT2D eigenvalue weighted by molar-refractivity contribution is -0.134. The van der Waals surface area contributed by atoms with Gasteiger partial charge in [0.1, 0.15) is 0 Å². The van der Waals surface area contributed by atoms with Gasteiger partial charge in [-0.25, -0.2) is 0 Å². The molecule has 0 aromatic carbocycles. The lowest BCUT2D eigenvalue weighted by atomic mass is 10.1. The van der Waals surface area contributed by atoms with Gasteiger partial charge >= 0.3 is 0 Å². The van der Waals surface area contributed by atoms with Gasteiger partial charge in [0.15, 0.2) is 5.17 Å². The van der Waals surface area contributed by atoms with Crippen LogP contribution in [0.3, 0.4) is 0 Å². The fourth-order valence-electron chi connectivity index (χ4n) is 4.49. The zero-order chi connectivity index (χ0) is 18.1. The van der Waals surface area contributed by atoms with E-state index in [9.17, 15) is 9.59 Å². The molecule has 0 aromatic heterocycles. The quantitative estimate of drug-likeness (QED) is 0.739. The maximum atomic E-state index is 12.9. The molecule has 26 heavy (non-hydrogen) atoms. The van der Waals surface area contributed by atoms with Gasteiger partial charge in [0, 0.05) is 50.8 Å². The Kier molecular flexibility index (Phi) is 5.25. The van der Waals surface area contributed by atoms with Crippen LogP contribution in [-0.4, -0.2) is 70.4 Å². The van der Waals surface area contributed by atoms with E-state index in [1.807, 2.05) is 9.80 Å². The Morgan fingerprint density at radius 3 is 3.00 bits per heavy atom. The van der Waals surface area contributed by atoms with Gasteiger partial charge < -0.3 is 14.7 Å². The van der Waals surface area contributed by atoms with Crippen LogP contribution in [-0.2, 0) is 9.59 Å². The van der Waals surface area contributed by atoms with Crippen LogP contribution < -0.4 is 0 Å². The van der Waals surface area contributed by atoms with E-state index in [1.165, 1.54) is 0 Å². The van der Waals surface area contributed by atoms with Crippen molar-refractivity contribution in [2.24, 2.45) is 10.9 Å². The van der Waals surface area contributed by atoms with Crippen LogP contribution in [0.2, 0.25) is 0 Å². The summed E-state index contributed by atoms with van der Waals surface area (Å²) in [6.45, 7) is 6.37. The van der Waals surface area contributed by atoms with E-state index in [4.69, 9.17) is 0 Å². The van der Waals surface area contributed by atoms with Crippen molar-refractivity contribution >= 4 is 28.7 Å². The number of amidine groups is 1. The van der Waals surface area contributed by atoms with Gasteiger partial charge in [-0.3, -0.25) is 14.6 Å². The molecule has 4 aliphatic heterocycles. The van der Waals surface area contributed by atoms with Gasteiger partial charge in [0.25, 0.3) is 0 Å². The first kappa shape index (κ1) is 17.9. The third kappa shape index (κ3) is 3.38. The molecular formula is C19H28N4O2S. The number of likely N-dealkylation sites (tertiary alicyclic amines) is 2. The molecule has 0 aliphatic carbocycles. The molecule has 6 nitrogen and oxygen atoms in total. The average Bonchev–Trinajstić information content (AvgIpc) is 3.34. The maximum Gasteiger partial charge on any atom is 0.228 e. The highest BCUT2D eigenvalue weighted by atomic mass is 32.2. The summed E-state index contributed by atoms with van der Waals surface area (Å²) in [6.07, 6.45) is 5.20. The molecule has 0 N–H and O–H groups in total. The summed E-state index contributed by atoms with van der Waals surface area (Å²) in [5.41, 5.74) is 1.09. The number of rotatable bonds is 5. The molecule has 142 valence electrons. The minimum Gasteiger partial charge on any atom is -0.340 e. The highest BCUT2D eigenvalue weighted by Crippen LogP contribution is 2.34. The van der Waals surface area contributed by atoms with Gasteiger partial charge in [-0.2, -0.15) is 0 Å². The Morgan fingerprint density at radius 2 is 2.15 bits per heavy atom. The smallest absolute Gasteiger partial charge is 0.228 e. The Labute approximate surface area is 159 Å². The first-order valence-corrected chi connectivity index (χ1v) is 10.8. The van der Waals surface area contributed by atoms with Gasteiger partial charge in [-0.15, -0.1) is 0 Å². The molecule has 0 bridgehead atoms. The van der Waals surface area contributed by atoms with Gasteiger partial charge in [-0.05, 0) is 24.7 Å². The molecule has 4 aliphatic rings. The van der Waals surface area contributed by atoms with E-state index in [1.54, 1.807) is 11.8 Å². The van der Waals surface area contributed by atoms with Crippen molar-refractivity contribution in [2.45, 2.75) is 51.5 Å². The number of amides is 2. The molecule has 2 saturated heterocycles. The summed E-state index contributed by atoms with van der Waals surface area (Å²) in [7, 11) is 0. The van der Waals surface area contributed by atoms with E-state index in [-0.39, 0.29) is 17.9 Å². The molecular weight excluding hydrogens is 348 g/mol. The highest BCUT2D eigenvalue weighted by Gasteiger charge is 2.44. The monoisotopic (exact) mass is 376 g/mol. The van der Waals surface area contributed by atoms with Crippen molar-refractivity contribution in [1.82, 2.24) is 14.7 Å². The van der Waals surface area contributed by atoms with Crippen molar-refractivity contribution in [2.75, 3.05) is 32.7 Å². The van der Waals surface area contributed by atoms with Gasteiger partial charge in [-0.1, -0.05) is 25.1 Å². The Balaban J connectivity index is 1.34. The Hall–Kier alpha value is -1.50. The number of unbranched alkanes of at least 4 members (excludes halogenated alkanes) is 1. The number of hydrogen-bond donors (Lipinski definition) is 0. The van der Waals surface area contributed by atoms with E-state index in [2.05, 4.69) is 22.2 Å². The zero-order valence-corrected chi connectivity index (χ0v) is 16.3. The lowest BCUT2D eigenvalue weighted by Crippen LogP contribution is -2.41. The number of carbonyl (C=O) groups is 2. The van der Waals surface area contributed by atoms with Crippen LogP contribution in [0.15, 0.2) is 16.1 Å². The second-order valence-electron chi connectivity index (χ2n) is 7.68. The van der Waals surface area contributed by atoms with Crippen molar-refractivity contribution in [3.63, 3.8) is 0 Å². The van der Waals surface area contributed by atoms with Crippen molar-refractivity contribution in [1.29, 1.82) is 0 Å². The molecule has 0 unspecified atom stereocenters. The van der Waals surface area contributed by atoms with Crippen molar-refractivity contribution in [3.8, 4) is 0 Å². The first-order valence-electron chi connectivity index (χ1n) is 9.92. The van der Waals surface area contributed by atoms with Crippen LogP contribution >= 0.6 is 11.8 Å². The molecule has 0 saturated carbocycles. The molecule has 2 atom stereocenters. The first-order chi connectivity index (χ1) is 12.7. The molecule has 4 heterocycles. The van der Waals surface area contributed by atoms with Crippen LogP contribution in [0.4, 0.5) is 0 Å². The number of hydrogen-bond acceptors (Lipinski definition) is 5. The normalized spacial score (nSPS) is 27.3. The van der Waals surface area contributed by atoms with E-state index >= 15 is 0 Å². The van der Waals surface area contributed by atoms with Crippen LogP contribution in [0, 0.1) is 5.92 Å². The Bertz CT molecular complexity index is 647. The van der Waals surface area contributed by atoms with E-state index in [0.717, 1.165) is 62.7 Å². The Morgan fingerprint density at radius 1 is 1.27 bits per heavy atom. The van der Waals surface area contributed by atoms with Gasteiger partial charge in [0.2, 0.25) is 11.8 Å². The second kappa shape index (κ2) is 7.62. The summed E-state index contributed by atoms with van der Waals surface area (Å²) in [5.74, 6) is 0.931. The summed E-state index contributed by atoms with van der Waals surface area (Å²) in [6, 6.07) is 0.238.